The molecule has 158 valence electrons. The quantitative estimate of drug-likeness (QED) is 0.578. The molecule has 1 N–H and O–H groups in total. The second-order valence-corrected chi connectivity index (χ2v) is 7.17. The first-order chi connectivity index (χ1) is 14.4. The van der Waals surface area contributed by atoms with Gasteiger partial charge in [0, 0.05) is 32.0 Å². The molecule has 30 heavy (non-hydrogen) atoms. The Morgan fingerprint density at radius 3 is 2.70 bits per heavy atom. The van der Waals surface area contributed by atoms with Crippen LogP contribution in [-0.2, 0) is 24.6 Å². The van der Waals surface area contributed by atoms with Gasteiger partial charge in [-0.05, 0) is 55.2 Å². The third-order valence-electron chi connectivity index (χ3n) is 4.56. The van der Waals surface area contributed by atoms with Crippen LogP contribution in [0.3, 0.4) is 0 Å². The van der Waals surface area contributed by atoms with Crippen molar-refractivity contribution in [2.75, 3.05) is 19.0 Å². The lowest BCUT2D eigenvalue weighted by molar-refractivity contribution is 0.0916. The van der Waals surface area contributed by atoms with Crippen LogP contribution in [-0.4, -0.2) is 35.5 Å². The van der Waals surface area contributed by atoms with Gasteiger partial charge in [-0.1, -0.05) is 18.2 Å². The van der Waals surface area contributed by atoms with Crippen molar-refractivity contribution < 1.29 is 18.7 Å². The molecular formula is C23H26FN3O3. The zero-order valence-corrected chi connectivity index (χ0v) is 17.4. The van der Waals surface area contributed by atoms with Crippen LogP contribution in [0.15, 0.2) is 54.7 Å². The number of hydrogen-bond acceptors (Lipinski definition) is 4. The van der Waals surface area contributed by atoms with Gasteiger partial charge in [0.15, 0.2) is 5.82 Å². The molecule has 1 aromatic heterocycles. The minimum atomic E-state index is -0.286. The number of benzene rings is 2. The predicted octanol–water partition coefficient (Wildman–Crippen LogP) is 4.01. The number of carbonyl (C=O) groups excluding carboxylic acids is 1. The molecule has 1 heterocycles. The summed E-state index contributed by atoms with van der Waals surface area (Å²) < 4.78 is 26.6. The number of nitrogens with zero attached hydrogens (tertiary/aromatic N) is 2. The van der Waals surface area contributed by atoms with E-state index >= 15 is 0 Å². The first kappa shape index (κ1) is 21.5. The van der Waals surface area contributed by atoms with Gasteiger partial charge in [0.1, 0.15) is 17.7 Å². The molecule has 0 bridgehead atoms. The highest BCUT2D eigenvalue weighted by atomic mass is 19.1. The Balaban J connectivity index is 1.81. The van der Waals surface area contributed by atoms with E-state index in [0.29, 0.717) is 42.1 Å². The molecule has 0 aliphatic heterocycles. The van der Waals surface area contributed by atoms with Crippen LogP contribution in [0.5, 0.6) is 5.75 Å². The Morgan fingerprint density at radius 1 is 1.20 bits per heavy atom. The summed E-state index contributed by atoms with van der Waals surface area (Å²) in [6, 6.07) is 13.8. The third-order valence-corrected chi connectivity index (χ3v) is 4.56. The maximum Gasteiger partial charge on any atom is 0.257 e. The molecule has 0 fully saturated rings. The number of halogens is 1. The zero-order valence-electron chi connectivity index (χ0n) is 17.4. The Bertz CT molecular complexity index is 1000. The lowest BCUT2D eigenvalue weighted by atomic mass is 10.0. The van der Waals surface area contributed by atoms with Crippen LogP contribution in [0, 0.1) is 5.82 Å². The summed E-state index contributed by atoms with van der Waals surface area (Å²) in [6.45, 7) is 2.32. The van der Waals surface area contributed by atoms with Crippen LogP contribution in [0.4, 0.5) is 10.2 Å². The lowest BCUT2D eigenvalue weighted by Gasteiger charge is -2.16. The second kappa shape index (κ2) is 10.0. The van der Waals surface area contributed by atoms with E-state index in [4.69, 9.17) is 9.47 Å². The van der Waals surface area contributed by atoms with Gasteiger partial charge in [0.05, 0.1) is 6.61 Å². The van der Waals surface area contributed by atoms with Gasteiger partial charge < -0.3 is 14.8 Å². The lowest BCUT2D eigenvalue weighted by Crippen LogP contribution is -2.19. The summed E-state index contributed by atoms with van der Waals surface area (Å²) in [6.07, 6.45) is 2.66. The van der Waals surface area contributed by atoms with E-state index in [1.807, 2.05) is 19.1 Å². The van der Waals surface area contributed by atoms with Gasteiger partial charge in [-0.3, -0.25) is 9.48 Å². The van der Waals surface area contributed by atoms with Crippen LogP contribution in [0.2, 0.25) is 0 Å². The normalized spacial score (nSPS) is 11.9. The van der Waals surface area contributed by atoms with Crippen molar-refractivity contribution in [2.45, 2.75) is 25.9 Å². The van der Waals surface area contributed by atoms with Crippen molar-refractivity contribution in [3.63, 3.8) is 0 Å². The van der Waals surface area contributed by atoms with Crippen molar-refractivity contribution in [1.82, 2.24) is 9.78 Å². The maximum atomic E-state index is 14.0. The maximum absolute atomic E-state index is 14.0. The Hall–Kier alpha value is -3.19. The minimum Gasteiger partial charge on any atom is -0.488 e. The summed E-state index contributed by atoms with van der Waals surface area (Å²) in [5.74, 6) is 0.517. The fourth-order valence-corrected chi connectivity index (χ4v) is 3.16. The van der Waals surface area contributed by atoms with E-state index in [0.717, 1.165) is 5.56 Å². The van der Waals surface area contributed by atoms with Crippen molar-refractivity contribution in [3.05, 3.63) is 77.2 Å². The van der Waals surface area contributed by atoms with Gasteiger partial charge in [-0.15, -0.1) is 0 Å². The van der Waals surface area contributed by atoms with Crippen molar-refractivity contribution in [1.29, 1.82) is 0 Å². The van der Waals surface area contributed by atoms with Gasteiger partial charge in [0.2, 0.25) is 0 Å². The Kier molecular flexibility index (Phi) is 7.19. The number of methoxy groups -OCH3 is 1. The monoisotopic (exact) mass is 411 g/mol. The van der Waals surface area contributed by atoms with Gasteiger partial charge in [-0.2, -0.15) is 5.10 Å². The molecule has 0 saturated carbocycles. The SMILES string of the molecule is COC[C@H](C)Oc1cc(CCc2ccccc2F)cc(C(=O)Nc2ccn(C)n2)c1. The second-order valence-electron chi connectivity index (χ2n) is 7.17. The van der Waals surface area contributed by atoms with Gasteiger partial charge in [-0.25, -0.2) is 4.39 Å². The Morgan fingerprint density at radius 2 is 2.00 bits per heavy atom. The molecule has 3 aromatic rings. The molecular weight excluding hydrogens is 385 g/mol. The molecule has 2 aromatic carbocycles. The molecule has 0 saturated heterocycles. The predicted molar refractivity (Wildman–Crippen MR) is 113 cm³/mol. The van der Waals surface area contributed by atoms with E-state index in [9.17, 15) is 9.18 Å². The smallest absolute Gasteiger partial charge is 0.257 e. The van der Waals surface area contributed by atoms with E-state index in [1.165, 1.54) is 6.07 Å². The number of anilines is 1. The molecule has 1 atom stereocenters. The molecule has 3 rings (SSSR count). The number of nitrogens with one attached hydrogen (secondary N) is 1. The number of carbonyl (C=O) groups is 1. The number of amides is 1. The number of aromatic nitrogens is 2. The number of ether oxygens (including phenoxy) is 2. The van der Waals surface area contributed by atoms with E-state index in [2.05, 4.69) is 10.4 Å². The molecule has 0 aliphatic carbocycles. The van der Waals surface area contributed by atoms with Gasteiger partial charge >= 0.3 is 0 Å². The topological polar surface area (TPSA) is 65.4 Å². The molecule has 0 aliphatic rings. The fraction of sp³-hybridized carbons (Fsp3) is 0.304. The number of rotatable bonds is 9. The molecule has 1 amide bonds. The molecule has 0 spiro atoms. The largest absolute Gasteiger partial charge is 0.488 e. The van der Waals surface area contributed by atoms with E-state index in [-0.39, 0.29) is 17.8 Å². The summed E-state index contributed by atoms with van der Waals surface area (Å²) in [4.78, 5) is 12.8. The van der Waals surface area contributed by atoms with E-state index in [1.54, 1.807) is 55.4 Å². The fourth-order valence-electron chi connectivity index (χ4n) is 3.16. The highest BCUT2D eigenvalue weighted by Crippen LogP contribution is 2.22. The van der Waals surface area contributed by atoms with Crippen LogP contribution in [0.1, 0.15) is 28.4 Å². The van der Waals surface area contributed by atoms with Gasteiger partial charge in [0.25, 0.3) is 5.91 Å². The highest BCUT2D eigenvalue weighted by Gasteiger charge is 2.13. The van der Waals surface area contributed by atoms with E-state index < -0.39 is 0 Å². The third kappa shape index (κ3) is 5.90. The summed E-state index contributed by atoms with van der Waals surface area (Å²) in [5.41, 5.74) is 1.97. The summed E-state index contributed by atoms with van der Waals surface area (Å²) >= 11 is 0. The molecule has 0 radical (unpaired) electrons. The number of aryl methyl sites for hydroxylation is 3. The summed E-state index contributed by atoms with van der Waals surface area (Å²) in [7, 11) is 3.39. The van der Waals surface area contributed by atoms with Crippen LogP contribution in [0.25, 0.3) is 0 Å². The first-order valence-electron chi connectivity index (χ1n) is 9.78. The van der Waals surface area contributed by atoms with Crippen molar-refractivity contribution in [2.24, 2.45) is 7.05 Å². The van der Waals surface area contributed by atoms with Crippen LogP contribution >= 0.6 is 0 Å². The standard InChI is InChI=1S/C23H26FN3O3/c1-16(15-29-3)30-20-13-17(8-9-18-6-4-5-7-21(18)24)12-19(14-20)23(28)25-22-10-11-27(2)26-22/h4-7,10-14,16H,8-9,15H2,1-3H3,(H,25,26,28)/t16-/m0/s1. The minimum absolute atomic E-state index is 0.177. The highest BCUT2D eigenvalue weighted by molar-refractivity contribution is 6.04. The number of hydrogen-bond donors (Lipinski definition) is 1. The van der Waals surface area contributed by atoms with Crippen molar-refractivity contribution in [3.8, 4) is 5.75 Å². The first-order valence-corrected chi connectivity index (χ1v) is 9.78. The molecule has 0 unspecified atom stereocenters. The van der Waals surface area contributed by atoms with Crippen LogP contribution < -0.4 is 10.1 Å². The molecule has 7 heteroatoms. The molecule has 6 nitrogen and oxygen atoms in total. The average Bonchev–Trinajstić information content (AvgIpc) is 3.12. The Labute approximate surface area is 175 Å². The van der Waals surface area contributed by atoms with Crippen molar-refractivity contribution >= 4 is 11.7 Å². The average molecular weight is 411 g/mol. The zero-order chi connectivity index (χ0) is 21.5. The summed E-state index contributed by atoms with van der Waals surface area (Å²) in [5, 5.41) is 6.96.